The standard InChI is InChI=1S/C18H19ClO/c1-4-12(2)14-7-9-15(10-8-14)18(20)16-6-5-13(3)17(19)11-16/h5-12H,4H2,1-3H3. The third-order valence-corrected chi connectivity index (χ3v) is 4.20. The van der Waals surface area contributed by atoms with Crippen LogP contribution in [-0.4, -0.2) is 5.78 Å². The summed E-state index contributed by atoms with van der Waals surface area (Å²) in [4.78, 5) is 12.4. The van der Waals surface area contributed by atoms with E-state index in [-0.39, 0.29) is 5.78 Å². The Bertz CT molecular complexity index is 614. The molecule has 20 heavy (non-hydrogen) atoms. The van der Waals surface area contributed by atoms with Crippen molar-refractivity contribution in [2.24, 2.45) is 0 Å². The normalized spacial score (nSPS) is 12.2. The summed E-state index contributed by atoms with van der Waals surface area (Å²) in [6, 6.07) is 13.3. The molecule has 104 valence electrons. The highest BCUT2D eigenvalue weighted by Crippen LogP contribution is 2.22. The molecular weight excluding hydrogens is 268 g/mol. The molecule has 0 N–H and O–H groups in total. The van der Waals surface area contributed by atoms with Crippen molar-refractivity contribution < 1.29 is 4.79 Å². The summed E-state index contributed by atoms with van der Waals surface area (Å²) in [5, 5.41) is 0.632. The number of aryl methyl sites for hydroxylation is 1. The van der Waals surface area contributed by atoms with Crippen molar-refractivity contribution in [1.82, 2.24) is 0 Å². The van der Waals surface area contributed by atoms with E-state index in [9.17, 15) is 4.79 Å². The van der Waals surface area contributed by atoms with E-state index in [1.54, 1.807) is 6.07 Å². The molecule has 0 aromatic heterocycles. The van der Waals surface area contributed by atoms with Crippen LogP contribution in [-0.2, 0) is 0 Å². The lowest BCUT2D eigenvalue weighted by Gasteiger charge is -2.09. The predicted octanol–water partition coefficient (Wildman–Crippen LogP) is 5.39. The molecule has 0 bridgehead atoms. The van der Waals surface area contributed by atoms with Gasteiger partial charge in [-0.15, -0.1) is 0 Å². The van der Waals surface area contributed by atoms with Gasteiger partial charge in [-0.25, -0.2) is 0 Å². The van der Waals surface area contributed by atoms with E-state index in [1.165, 1.54) is 5.56 Å². The van der Waals surface area contributed by atoms with Gasteiger partial charge in [-0.2, -0.15) is 0 Å². The fourth-order valence-electron chi connectivity index (χ4n) is 2.10. The molecule has 2 aromatic rings. The minimum Gasteiger partial charge on any atom is -0.289 e. The van der Waals surface area contributed by atoms with Gasteiger partial charge in [-0.1, -0.05) is 61.8 Å². The molecular formula is C18H19ClO. The van der Waals surface area contributed by atoms with Crippen molar-refractivity contribution in [2.75, 3.05) is 0 Å². The summed E-state index contributed by atoms with van der Waals surface area (Å²) < 4.78 is 0. The van der Waals surface area contributed by atoms with Crippen molar-refractivity contribution in [1.29, 1.82) is 0 Å². The van der Waals surface area contributed by atoms with Crippen molar-refractivity contribution in [3.63, 3.8) is 0 Å². The number of benzene rings is 2. The van der Waals surface area contributed by atoms with Gasteiger partial charge in [0.15, 0.2) is 5.78 Å². The number of hydrogen-bond acceptors (Lipinski definition) is 1. The highest BCUT2D eigenvalue weighted by Gasteiger charge is 2.11. The molecule has 0 aliphatic rings. The van der Waals surface area contributed by atoms with Crippen molar-refractivity contribution in [2.45, 2.75) is 33.1 Å². The maximum atomic E-state index is 12.4. The summed E-state index contributed by atoms with van der Waals surface area (Å²) in [5.41, 5.74) is 3.59. The number of rotatable bonds is 4. The third kappa shape index (κ3) is 3.10. The van der Waals surface area contributed by atoms with Gasteiger partial charge in [0.25, 0.3) is 0 Å². The first-order valence-electron chi connectivity index (χ1n) is 6.93. The molecule has 1 atom stereocenters. The Hall–Kier alpha value is -1.60. The first kappa shape index (κ1) is 14.8. The lowest BCUT2D eigenvalue weighted by Crippen LogP contribution is -2.02. The Labute approximate surface area is 125 Å². The van der Waals surface area contributed by atoms with Crippen LogP contribution in [0.2, 0.25) is 5.02 Å². The van der Waals surface area contributed by atoms with Gasteiger partial charge >= 0.3 is 0 Å². The van der Waals surface area contributed by atoms with Crippen LogP contribution in [0.5, 0.6) is 0 Å². The molecule has 0 aliphatic heterocycles. The van der Waals surface area contributed by atoms with E-state index in [1.807, 2.05) is 43.3 Å². The average Bonchev–Trinajstić information content (AvgIpc) is 2.48. The molecule has 0 saturated carbocycles. The lowest BCUT2D eigenvalue weighted by atomic mass is 9.95. The molecule has 2 aromatic carbocycles. The minimum absolute atomic E-state index is 0.0163. The molecule has 0 heterocycles. The Balaban J connectivity index is 2.27. The SMILES string of the molecule is CCC(C)c1ccc(C(=O)c2ccc(C)c(Cl)c2)cc1. The molecule has 0 amide bonds. The topological polar surface area (TPSA) is 17.1 Å². The second-order valence-electron chi connectivity index (χ2n) is 5.22. The Morgan fingerprint density at radius 1 is 1.10 bits per heavy atom. The fraction of sp³-hybridized carbons (Fsp3) is 0.278. The fourth-order valence-corrected chi connectivity index (χ4v) is 2.28. The van der Waals surface area contributed by atoms with Crippen LogP contribution >= 0.6 is 11.6 Å². The van der Waals surface area contributed by atoms with Crippen molar-refractivity contribution >= 4 is 17.4 Å². The van der Waals surface area contributed by atoms with Gasteiger partial charge in [0.2, 0.25) is 0 Å². The minimum atomic E-state index is 0.0163. The maximum absolute atomic E-state index is 12.4. The van der Waals surface area contributed by atoms with E-state index in [4.69, 9.17) is 11.6 Å². The number of hydrogen-bond donors (Lipinski definition) is 0. The Morgan fingerprint density at radius 2 is 1.70 bits per heavy atom. The monoisotopic (exact) mass is 286 g/mol. The summed E-state index contributed by atoms with van der Waals surface area (Å²) in [7, 11) is 0. The van der Waals surface area contributed by atoms with Gasteiger partial charge in [0.1, 0.15) is 0 Å². The zero-order chi connectivity index (χ0) is 14.7. The van der Waals surface area contributed by atoms with E-state index in [0.717, 1.165) is 12.0 Å². The van der Waals surface area contributed by atoms with E-state index in [2.05, 4.69) is 13.8 Å². The second-order valence-corrected chi connectivity index (χ2v) is 5.63. The van der Waals surface area contributed by atoms with Gasteiger partial charge in [0, 0.05) is 16.1 Å². The predicted molar refractivity (Wildman–Crippen MR) is 84.8 cm³/mol. The van der Waals surface area contributed by atoms with Gasteiger partial charge < -0.3 is 0 Å². The first-order chi connectivity index (χ1) is 9.52. The van der Waals surface area contributed by atoms with Crippen LogP contribution in [0.3, 0.4) is 0 Å². The van der Waals surface area contributed by atoms with Gasteiger partial charge in [0.05, 0.1) is 0 Å². The maximum Gasteiger partial charge on any atom is 0.193 e. The smallest absolute Gasteiger partial charge is 0.193 e. The van der Waals surface area contributed by atoms with E-state index >= 15 is 0 Å². The van der Waals surface area contributed by atoms with Crippen LogP contribution < -0.4 is 0 Å². The molecule has 0 aliphatic carbocycles. The summed E-state index contributed by atoms with van der Waals surface area (Å²) >= 11 is 6.08. The lowest BCUT2D eigenvalue weighted by molar-refractivity contribution is 0.103. The zero-order valence-corrected chi connectivity index (χ0v) is 12.9. The average molecular weight is 287 g/mol. The molecule has 2 heteroatoms. The second kappa shape index (κ2) is 6.23. The van der Waals surface area contributed by atoms with Crippen LogP contribution in [0.15, 0.2) is 42.5 Å². The first-order valence-corrected chi connectivity index (χ1v) is 7.31. The molecule has 0 spiro atoms. The van der Waals surface area contributed by atoms with Gasteiger partial charge in [-0.05, 0) is 36.5 Å². The summed E-state index contributed by atoms with van der Waals surface area (Å²) in [6.07, 6.45) is 1.10. The molecule has 0 radical (unpaired) electrons. The summed E-state index contributed by atoms with van der Waals surface area (Å²) in [5.74, 6) is 0.538. The van der Waals surface area contributed by atoms with Crippen LogP contribution in [0.1, 0.15) is 53.2 Å². The molecule has 0 fully saturated rings. The highest BCUT2D eigenvalue weighted by molar-refractivity contribution is 6.31. The van der Waals surface area contributed by atoms with E-state index in [0.29, 0.717) is 22.1 Å². The van der Waals surface area contributed by atoms with Crippen molar-refractivity contribution in [3.05, 3.63) is 69.7 Å². The van der Waals surface area contributed by atoms with Crippen LogP contribution in [0.4, 0.5) is 0 Å². The largest absolute Gasteiger partial charge is 0.289 e. The number of halogens is 1. The summed E-state index contributed by atoms with van der Waals surface area (Å²) in [6.45, 7) is 6.28. The molecule has 0 saturated heterocycles. The van der Waals surface area contributed by atoms with Gasteiger partial charge in [-0.3, -0.25) is 4.79 Å². The highest BCUT2D eigenvalue weighted by atomic mass is 35.5. The van der Waals surface area contributed by atoms with E-state index < -0.39 is 0 Å². The Kier molecular flexibility index (Phi) is 4.61. The Morgan fingerprint density at radius 3 is 2.25 bits per heavy atom. The molecule has 1 nitrogen and oxygen atoms in total. The van der Waals surface area contributed by atoms with Crippen molar-refractivity contribution in [3.8, 4) is 0 Å². The number of ketones is 1. The molecule has 1 unspecified atom stereocenters. The zero-order valence-electron chi connectivity index (χ0n) is 12.1. The quantitative estimate of drug-likeness (QED) is 0.688. The van der Waals surface area contributed by atoms with Crippen LogP contribution in [0.25, 0.3) is 0 Å². The molecule has 2 rings (SSSR count). The third-order valence-electron chi connectivity index (χ3n) is 3.79. The van der Waals surface area contributed by atoms with Crippen LogP contribution in [0, 0.1) is 6.92 Å². The number of carbonyl (C=O) groups excluding carboxylic acids is 1. The number of carbonyl (C=O) groups is 1.